The van der Waals surface area contributed by atoms with Crippen molar-refractivity contribution in [1.29, 1.82) is 0 Å². The van der Waals surface area contributed by atoms with Crippen LogP contribution in [-0.4, -0.2) is 33.1 Å². The Hall–Kier alpha value is -0.505. The van der Waals surface area contributed by atoms with E-state index < -0.39 is 0 Å². The first-order valence-corrected chi connectivity index (χ1v) is 4.23. The Balaban J connectivity index is 2.12. The van der Waals surface area contributed by atoms with Crippen LogP contribution in [0.2, 0.25) is 5.82 Å². The molecule has 0 N–H and O–H groups in total. The number of carbonyl (C=O) groups excluding carboxylic acids is 1. The fourth-order valence-electron chi connectivity index (χ4n) is 2.16. The SMILES string of the molecule is [B]C1C2CCC(O2)C1C(=O)OC. The normalized spacial score (nSPS) is 44.8. The number of esters is 1. The van der Waals surface area contributed by atoms with Crippen molar-refractivity contribution < 1.29 is 14.3 Å². The largest absolute Gasteiger partial charge is 0.469 e. The van der Waals surface area contributed by atoms with Crippen molar-refractivity contribution in [2.24, 2.45) is 5.92 Å². The summed E-state index contributed by atoms with van der Waals surface area (Å²) >= 11 is 0. The lowest BCUT2D eigenvalue weighted by atomic mass is 9.68. The van der Waals surface area contributed by atoms with Crippen molar-refractivity contribution >= 4 is 13.8 Å². The molecule has 3 nitrogen and oxygen atoms in total. The maximum Gasteiger partial charge on any atom is 0.310 e. The summed E-state index contributed by atoms with van der Waals surface area (Å²) in [6, 6.07) is 0. The zero-order valence-electron chi connectivity index (χ0n) is 7.03. The fraction of sp³-hybridized carbons (Fsp3) is 0.875. The molecule has 2 radical (unpaired) electrons. The van der Waals surface area contributed by atoms with Gasteiger partial charge in [-0.3, -0.25) is 4.79 Å². The molecule has 12 heavy (non-hydrogen) atoms. The Morgan fingerprint density at radius 2 is 2.17 bits per heavy atom. The third-order valence-electron chi connectivity index (χ3n) is 2.80. The molecule has 0 aromatic heterocycles. The highest BCUT2D eigenvalue weighted by Crippen LogP contribution is 2.45. The molecule has 2 heterocycles. The van der Waals surface area contributed by atoms with Gasteiger partial charge in [-0.25, -0.2) is 0 Å². The van der Waals surface area contributed by atoms with Gasteiger partial charge in [-0.15, -0.1) is 0 Å². The first-order chi connectivity index (χ1) is 5.74. The highest BCUT2D eigenvalue weighted by Gasteiger charge is 2.50. The second kappa shape index (κ2) is 2.77. The standard InChI is InChI=1S/C8H11BO3/c1-11-8(10)6-4-2-3-5(12-4)7(6)9/h4-7H,2-3H2,1H3. The third kappa shape index (κ3) is 0.976. The summed E-state index contributed by atoms with van der Waals surface area (Å²) in [6.07, 6.45) is 2.02. The number of fused-ring (bicyclic) bond motifs is 2. The lowest BCUT2D eigenvalue weighted by molar-refractivity contribution is -0.147. The lowest BCUT2D eigenvalue weighted by Crippen LogP contribution is -2.31. The predicted octanol–water partition coefficient (Wildman–Crippen LogP) is 0.294. The minimum Gasteiger partial charge on any atom is -0.469 e. The molecule has 0 spiro atoms. The molecule has 4 unspecified atom stereocenters. The Kier molecular flexibility index (Phi) is 1.87. The summed E-state index contributed by atoms with van der Waals surface area (Å²) in [4.78, 5) is 11.2. The highest BCUT2D eigenvalue weighted by atomic mass is 16.5. The van der Waals surface area contributed by atoms with Crippen molar-refractivity contribution in [3.05, 3.63) is 0 Å². The minimum absolute atomic E-state index is 0.0115. The van der Waals surface area contributed by atoms with Crippen LogP contribution in [0.25, 0.3) is 0 Å². The Morgan fingerprint density at radius 3 is 2.67 bits per heavy atom. The molecule has 0 aromatic rings. The minimum atomic E-state index is -0.228. The lowest BCUT2D eigenvalue weighted by Gasteiger charge is -2.22. The van der Waals surface area contributed by atoms with E-state index in [9.17, 15) is 4.79 Å². The number of methoxy groups -OCH3 is 1. The number of carbonyl (C=O) groups is 1. The van der Waals surface area contributed by atoms with Gasteiger partial charge in [0.1, 0.15) is 0 Å². The van der Waals surface area contributed by atoms with E-state index in [0.29, 0.717) is 0 Å². The van der Waals surface area contributed by atoms with Crippen LogP contribution >= 0.6 is 0 Å². The Morgan fingerprint density at radius 1 is 1.50 bits per heavy atom. The van der Waals surface area contributed by atoms with E-state index in [1.54, 1.807) is 0 Å². The van der Waals surface area contributed by atoms with Crippen LogP contribution in [0.1, 0.15) is 12.8 Å². The van der Waals surface area contributed by atoms with E-state index in [1.165, 1.54) is 7.11 Å². The molecule has 0 aliphatic carbocycles. The molecule has 2 saturated heterocycles. The number of hydrogen-bond donors (Lipinski definition) is 0. The zero-order chi connectivity index (χ0) is 8.72. The monoisotopic (exact) mass is 166 g/mol. The molecule has 4 atom stereocenters. The van der Waals surface area contributed by atoms with E-state index in [2.05, 4.69) is 4.74 Å². The van der Waals surface area contributed by atoms with Crippen LogP contribution in [0.3, 0.4) is 0 Å². The molecule has 2 fully saturated rings. The van der Waals surface area contributed by atoms with Crippen molar-refractivity contribution in [3.63, 3.8) is 0 Å². The summed E-state index contributed by atoms with van der Waals surface area (Å²) < 4.78 is 10.2. The molecule has 4 heteroatoms. The van der Waals surface area contributed by atoms with Gasteiger partial charge in [-0.1, -0.05) is 0 Å². The summed E-state index contributed by atoms with van der Waals surface area (Å²) in [5, 5.41) is 0. The quantitative estimate of drug-likeness (QED) is 0.415. The predicted molar refractivity (Wildman–Crippen MR) is 42.9 cm³/mol. The van der Waals surface area contributed by atoms with Gasteiger partial charge in [0.2, 0.25) is 0 Å². The number of hydrogen-bond acceptors (Lipinski definition) is 3. The average molecular weight is 166 g/mol. The average Bonchev–Trinajstić information content (AvgIpc) is 2.63. The number of ether oxygens (including phenoxy) is 2. The van der Waals surface area contributed by atoms with Gasteiger partial charge in [0.05, 0.1) is 33.1 Å². The van der Waals surface area contributed by atoms with Gasteiger partial charge >= 0.3 is 5.97 Å². The van der Waals surface area contributed by atoms with Crippen molar-refractivity contribution in [2.75, 3.05) is 7.11 Å². The maximum atomic E-state index is 11.2. The molecule has 2 rings (SSSR count). The maximum absolute atomic E-state index is 11.2. The van der Waals surface area contributed by atoms with Crippen LogP contribution in [-0.2, 0) is 14.3 Å². The van der Waals surface area contributed by atoms with Crippen LogP contribution < -0.4 is 0 Å². The second-order valence-electron chi connectivity index (χ2n) is 3.42. The van der Waals surface area contributed by atoms with E-state index >= 15 is 0 Å². The van der Waals surface area contributed by atoms with E-state index in [0.717, 1.165) is 12.8 Å². The van der Waals surface area contributed by atoms with Crippen molar-refractivity contribution in [3.8, 4) is 0 Å². The summed E-state index contributed by atoms with van der Waals surface area (Å²) in [7, 11) is 7.20. The molecule has 0 aromatic carbocycles. The van der Waals surface area contributed by atoms with E-state index in [1.807, 2.05) is 0 Å². The first kappa shape index (κ1) is 8.11. The van der Waals surface area contributed by atoms with Crippen LogP contribution in [0, 0.1) is 5.92 Å². The highest BCUT2D eigenvalue weighted by molar-refractivity contribution is 6.14. The Bertz CT molecular complexity index is 204. The van der Waals surface area contributed by atoms with E-state index in [4.69, 9.17) is 12.6 Å². The Labute approximate surface area is 72.8 Å². The molecule has 2 bridgehead atoms. The van der Waals surface area contributed by atoms with Gasteiger partial charge in [-0.2, -0.15) is 0 Å². The van der Waals surface area contributed by atoms with Gasteiger partial charge in [0.15, 0.2) is 0 Å². The summed E-state index contributed by atoms with van der Waals surface area (Å²) in [6.45, 7) is 0. The first-order valence-electron chi connectivity index (χ1n) is 4.23. The molecule has 2 aliphatic rings. The molecule has 64 valence electrons. The van der Waals surface area contributed by atoms with E-state index in [-0.39, 0.29) is 29.9 Å². The summed E-state index contributed by atoms with van der Waals surface area (Å²) in [5.41, 5.74) is 0. The zero-order valence-corrected chi connectivity index (χ0v) is 7.03. The molecular weight excluding hydrogens is 155 g/mol. The summed E-state index contributed by atoms with van der Waals surface area (Å²) in [5.74, 6) is -0.611. The third-order valence-corrected chi connectivity index (χ3v) is 2.80. The fourth-order valence-corrected chi connectivity index (χ4v) is 2.16. The smallest absolute Gasteiger partial charge is 0.310 e. The number of rotatable bonds is 1. The molecule has 0 amide bonds. The molecule has 0 saturated carbocycles. The van der Waals surface area contributed by atoms with Crippen molar-refractivity contribution in [1.82, 2.24) is 0 Å². The van der Waals surface area contributed by atoms with Gasteiger partial charge in [0, 0.05) is 0 Å². The van der Waals surface area contributed by atoms with Crippen LogP contribution in [0.4, 0.5) is 0 Å². The molecular formula is C8H11BO3. The van der Waals surface area contributed by atoms with Crippen LogP contribution in [0.5, 0.6) is 0 Å². The van der Waals surface area contributed by atoms with Gasteiger partial charge in [-0.05, 0) is 18.7 Å². The van der Waals surface area contributed by atoms with Gasteiger partial charge in [0.25, 0.3) is 0 Å². The molecule has 2 aliphatic heterocycles. The van der Waals surface area contributed by atoms with Gasteiger partial charge < -0.3 is 9.47 Å². The van der Waals surface area contributed by atoms with Crippen LogP contribution in [0.15, 0.2) is 0 Å². The second-order valence-corrected chi connectivity index (χ2v) is 3.42. The van der Waals surface area contributed by atoms with Crippen molar-refractivity contribution in [2.45, 2.75) is 30.9 Å². The topological polar surface area (TPSA) is 35.5 Å².